The van der Waals surface area contributed by atoms with E-state index in [1.807, 2.05) is 0 Å². The zero-order valence-corrected chi connectivity index (χ0v) is 12.0. The molecule has 0 aromatic heterocycles. The van der Waals surface area contributed by atoms with E-state index in [1.54, 1.807) is 0 Å². The smallest absolute Gasteiger partial charge is 0.243 e. The number of halogens is 1. The van der Waals surface area contributed by atoms with Gasteiger partial charge in [-0.25, -0.2) is 21.6 Å². The second-order valence-electron chi connectivity index (χ2n) is 4.07. The minimum absolute atomic E-state index is 0.0433. The molecule has 0 bridgehead atoms. The van der Waals surface area contributed by atoms with E-state index in [4.69, 9.17) is 17.3 Å². The first-order valence-electron chi connectivity index (χ1n) is 5.18. The van der Waals surface area contributed by atoms with Crippen LogP contribution < -0.4 is 10.5 Å². The number of anilines is 1. The third kappa shape index (κ3) is 3.27. The molecule has 0 amide bonds. The second-order valence-corrected chi connectivity index (χ2v) is 8.12. The van der Waals surface area contributed by atoms with E-state index in [9.17, 15) is 16.8 Å². The Balaban J connectivity index is 2.29. The summed E-state index contributed by atoms with van der Waals surface area (Å²) in [7, 11) is -7.26. The zero-order chi connectivity index (χ0) is 14.3. The lowest BCUT2D eigenvalue weighted by Crippen LogP contribution is -2.35. The van der Waals surface area contributed by atoms with Crippen LogP contribution in [0, 0.1) is 0 Å². The Morgan fingerprint density at radius 1 is 1.37 bits per heavy atom. The van der Waals surface area contributed by atoms with E-state index in [-0.39, 0.29) is 21.4 Å². The Bertz CT molecular complexity index is 741. The number of hydrogen-bond donors (Lipinski definition) is 2. The van der Waals surface area contributed by atoms with Gasteiger partial charge in [-0.15, -0.1) is 0 Å². The molecule has 1 aromatic carbocycles. The van der Waals surface area contributed by atoms with Gasteiger partial charge in [0.2, 0.25) is 10.0 Å². The molecule has 1 aliphatic rings. The van der Waals surface area contributed by atoms with E-state index < -0.39 is 25.9 Å². The molecule has 1 atom stereocenters. The molecule has 9 heteroatoms. The van der Waals surface area contributed by atoms with Crippen LogP contribution in [-0.4, -0.2) is 28.6 Å². The van der Waals surface area contributed by atoms with Gasteiger partial charge in [0.05, 0.1) is 17.5 Å². The Labute approximate surface area is 116 Å². The minimum Gasteiger partial charge on any atom is -0.398 e. The highest BCUT2D eigenvalue weighted by molar-refractivity contribution is 7.94. The van der Waals surface area contributed by atoms with Gasteiger partial charge in [0.1, 0.15) is 4.90 Å². The van der Waals surface area contributed by atoms with Gasteiger partial charge in [-0.2, -0.15) is 0 Å². The molecule has 1 unspecified atom stereocenters. The summed E-state index contributed by atoms with van der Waals surface area (Å²) in [4.78, 5) is -0.169. The fourth-order valence-corrected chi connectivity index (χ4v) is 4.58. The molecule has 2 rings (SSSR count). The molecule has 1 aliphatic heterocycles. The van der Waals surface area contributed by atoms with Crippen LogP contribution in [0.4, 0.5) is 5.69 Å². The summed E-state index contributed by atoms with van der Waals surface area (Å²) in [6.07, 6.45) is 1.29. The molecule has 0 saturated heterocycles. The van der Waals surface area contributed by atoms with Crippen LogP contribution in [0.5, 0.6) is 0 Å². The van der Waals surface area contributed by atoms with Crippen molar-refractivity contribution in [3.05, 3.63) is 34.7 Å². The Kier molecular flexibility index (Phi) is 3.61. The van der Waals surface area contributed by atoms with Gasteiger partial charge in [0, 0.05) is 10.4 Å². The minimum atomic E-state index is -3.92. The molecule has 0 fully saturated rings. The third-order valence-corrected chi connectivity index (χ3v) is 5.68. The average Bonchev–Trinajstić information content (AvgIpc) is 2.60. The molecule has 104 valence electrons. The number of rotatable bonds is 3. The van der Waals surface area contributed by atoms with Crippen LogP contribution in [0.3, 0.4) is 0 Å². The first-order valence-corrected chi connectivity index (χ1v) is 8.76. The van der Waals surface area contributed by atoms with Crippen molar-refractivity contribution in [3.63, 3.8) is 0 Å². The van der Waals surface area contributed by atoms with Gasteiger partial charge in [-0.05, 0) is 18.2 Å². The van der Waals surface area contributed by atoms with Crippen molar-refractivity contribution in [2.24, 2.45) is 0 Å². The van der Waals surface area contributed by atoms with Gasteiger partial charge >= 0.3 is 0 Å². The van der Waals surface area contributed by atoms with Crippen LogP contribution in [0.2, 0.25) is 5.02 Å². The third-order valence-electron chi connectivity index (χ3n) is 2.50. The summed E-state index contributed by atoms with van der Waals surface area (Å²) in [6, 6.07) is 3.26. The van der Waals surface area contributed by atoms with Gasteiger partial charge < -0.3 is 5.73 Å². The summed E-state index contributed by atoms with van der Waals surface area (Å²) in [5.74, 6) is -0.299. The number of sulfonamides is 1. The SMILES string of the molecule is Nc1ccc(Cl)cc1S(=O)(=O)NC1C=CS(=O)(=O)C1. The van der Waals surface area contributed by atoms with Crippen LogP contribution in [0.25, 0.3) is 0 Å². The van der Waals surface area contributed by atoms with E-state index >= 15 is 0 Å². The maximum absolute atomic E-state index is 12.1. The maximum atomic E-state index is 12.1. The lowest BCUT2D eigenvalue weighted by atomic mass is 10.3. The van der Waals surface area contributed by atoms with Gasteiger partial charge in [-0.3, -0.25) is 0 Å². The highest BCUT2D eigenvalue weighted by atomic mass is 35.5. The van der Waals surface area contributed by atoms with E-state index in [0.717, 1.165) is 5.41 Å². The van der Waals surface area contributed by atoms with E-state index in [2.05, 4.69) is 4.72 Å². The van der Waals surface area contributed by atoms with Crippen LogP contribution in [-0.2, 0) is 19.9 Å². The summed E-state index contributed by atoms with van der Waals surface area (Å²) >= 11 is 5.73. The number of sulfone groups is 1. The molecule has 6 nitrogen and oxygen atoms in total. The standard InChI is InChI=1S/C10H11ClN2O4S2/c11-7-1-2-9(12)10(5-7)19(16,17)13-8-3-4-18(14,15)6-8/h1-5,8,13H,6,12H2. The molecule has 0 spiro atoms. The highest BCUT2D eigenvalue weighted by Gasteiger charge is 2.27. The van der Waals surface area contributed by atoms with Crippen molar-refractivity contribution in [1.29, 1.82) is 0 Å². The molecule has 0 aliphatic carbocycles. The Morgan fingerprint density at radius 2 is 2.05 bits per heavy atom. The number of nitrogen functional groups attached to an aromatic ring is 1. The average molecular weight is 323 g/mol. The van der Waals surface area contributed by atoms with Crippen LogP contribution in [0.15, 0.2) is 34.6 Å². The zero-order valence-electron chi connectivity index (χ0n) is 9.58. The predicted octanol–water partition coefficient (Wildman–Crippen LogP) is 0.511. The first kappa shape index (κ1) is 14.3. The van der Waals surface area contributed by atoms with Crippen molar-refractivity contribution in [3.8, 4) is 0 Å². The summed E-state index contributed by atoms with van der Waals surface area (Å²) < 4.78 is 48.9. The molecule has 1 heterocycles. The quantitative estimate of drug-likeness (QED) is 0.789. The predicted molar refractivity (Wildman–Crippen MR) is 72.9 cm³/mol. The molecular weight excluding hydrogens is 312 g/mol. The van der Waals surface area contributed by atoms with E-state index in [0.29, 0.717) is 0 Å². The fraction of sp³-hybridized carbons (Fsp3) is 0.200. The molecule has 1 aromatic rings. The maximum Gasteiger partial charge on any atom is 0.243 e. The fourth-order valence-electron chi connectivity index (χ4n) is 1.65. The highest BCUT2D eigenvalue weighted by Crippen LogP contribution is 2.23. The van der Waals surface area contributed by atoms with Crippen molar-refractivity contribution >= 4 is 37.1 Å². The summed E-state index contributed by atoms with van der Waals surface area (Å²) in [6.45, 7) is 0. The summed E-state index contributed by atoms with van der Waals surface area (Å²) in [5.41, 5.74) is 5.63. The molecule has 0 radical (unpaired) electrons. The molecular formula is C10H11ClN2O4S2. The summed E-state index contributed by atoms with van der Waals surface area (Å²) in [5, 5.41) is 1.21. The monoisotopic (exact) mass is 322 g/mol. The normalized spacial score (nSPS) is 21.6. The number of benzene rings is 1. The molecule has 0 saturated carbocycles. The molecule has 3 N–H and O–H groups in total. The van der Waals surface area contributed by atoms with Crippen LogP contribution in [0.1, 0.15) is 0 Å². The number of nitrogens with one attached hydrogen (secondary N) is 1. The number of hydrogen-bond acceptors (Lipinski definition) is 5. The van der Waals surface area contributed by atoms with Crippen molar-refractivity contribution in [2.75, 3.05) is 11.5 Å². The van der Waals surface area contributed by atoms with Gasteiger partial charge in [0.15, 0.2) is 9.84 Å². The second kappa shape index (κ2) is 4.78. The van der Waals surface area contributed by atoms with Crippen molar-refractivity contribution < 1.29 is 16.8 Å². The van der Waals surface area contributed by atoms with Crippen molar-refractivity contribution in [1.82, 2.24) is 4.72 Å². The van der Waals surface area contributed by atoms with Crippen LogP contribution >= 0.6 is 11.6 Å². The van der Waals surface area contributed by atoms with Crippen molar-refractivity contribution in [2.45, 2.75) is 10.9 Å². The Morgan fingerprint density at radius 3 is 2.63 bits per heavy atom. The topological polar surface area (TPSA) is 106 Å². The van der Waals surface area contributed by atoms with E-state index in [1.165, 1.54) is 24.3 Å². The molecule has 19 heavy (non-hydrogen) atoms. The first-order chi connectivity index (χ1) is 8.70. The lowest BCUT2D eigenvalue weighted by Gasteiger charge is -2.12. The van der Waals surface area contributed by atoms with Gasteiger partial charge in [0.25, 0.3) is 0 Å². The lowest BCUT2D eigenvalue weighted by molar-refractivity contribution is 0.575. The number of nitrogens with two attached hydrogens (primary N) is 1. The largest absolute Gasteiger partial charge is 0.398 e. The van der Waals surface area contributed by atoms with Gasteiger partial charge in [-0.1, -0.05) is 17.7 Å². The Hall–Kier alpha value is -1.09.